The molecule has 0 saturated heterocycles. The first-order valence-electron chi connectivity index (χ1n) is 10.9. The summed E-state index contributed by atoms with van der Waals surface area (Å²) in [4.78, 5) is 24.9. The standard InChI is InChI=1S/C28H20BrClN2O4/c29-22-11-9-21(10-12-22)28(34)36-24-15-7-19(8-16-24)17-31-32-27(33)25-3-1-2-4-26(25)35-18-20-5-13-23(30)14-6-20/h1-17H,18H2,(H,32,33)/b31-17-. The number of nitrogens with one attached hydrogen (secondary N) is 1. The molecule has 1 N–H and O–H groups in total. The van der Waals surface area contributed by atoms with Crippen molar-refractivity contribution < 1.29 is 19.1 Å². The van der Waals surface area contributed by atoms with E-state index < -0.39 is 11.9 Å². The van der Waals surface area contributed by atoms with Crippen molar-refractivity contribution in [3.8, 4) is 11.5 Å². The number of esters is 1. The molecule has 0 heterocycles. The maximum absolute atomic E-state index is 12.7. The van der Waals surface area contributed by atoms with Crippen molar-refractivity contribution in [3.05, 3.63) is 129 Å². The Balaban J connectivity index is 1.32. The Kier molecular flexibility index (Phi) is 8.49. The molecule has 180 valence electrons. The van der Waals surface area contributed by atoms with Crippen LogP contribution in [0.3, 0.4) is 0 Å². The topological polar surface area (TPSA) is 77.0 Å². The van der Waals surface area contributed by atoms with E-state index in [0.717, 1.165) is 10.0 Å². The summed E-state index contributed by atoms with van der Waals surface area (Å²) in [6.07, 6.45) is 1.50. The van der Waals surface area contributed by atoms with Crippen molar-refractivity contribution in [1.82, 2.24) is 5.43 Å². The average Bonchev–Trinajstić information content (AvgIpc) is 2.90. The Labute approximate surface area is 221 Å². The van der Waals surface area contributed by atoms with Gasteiger partial charge < -0.3 is 9.47 Å². The first-order valence-corrected chi connectivity index (χ1v) is 12.0. The lowest BCUT2D eigenvalue weighted by molar-refractivity contribution is 0.0734. The van der Waals surface area contributed by atoms with Gasteiger partial charge in [-0.3, -0.25) is 4.79 Å². The van der Waals surface area contributed by atoms with E-state index in [-0.39, 0.29) is 0 Å². The zero-order valence-electron chi connectivity index (χ0n) is 18.9. The molecule has 4 rings (SSSR count). The first kappa shape index (κ1) is 25.2. The van der Waals surface area contributed by atoms with Crippen LogP contribution in [0.5, 0.6) is 11.5 Å². The zero-order valence-corrected chi connectivity index (χ0v) is 21.2. The number of halogens is 2. The third-order valence-corrected chi connectivity index (χ3v) is 5.77. The number of hydrogen-bond acceptors (Lipinski definition) is 5. The smallest absolute Gasteiger partial charge is 0.343 e. The fourth-order valence-electron chi connectivity index (χ4n) is 3.12. The van der Waals surface area contributed by atoms with Gasteiger partial charge >= 0.3 is 5.97 Å². The highest BCUT2D eigenvalue weighted by molar-refractivity contribution is 9.10. The molecule has 0 aromatic heterocycles. The minimum absolute atomic E-state index is 0.295. The summed E-state index contributed by atoms with van der Waals surface area (Å²) in [6.45, 7) is 0.295. The number of nitrogens with zero attached hydrogens (tertiary/aromatic N) is 1. The summed E-state index contributed by atoms with van der Waals surface area (Å²) >= 11 is 9.25. The molecule has 4 aromatic rings. The molecule has 0 aliphatic carbocycles. The highest BCUT2D eigenvalue weighted by Crippen LogP contribution is 2.20. The van der Waals surface area contributed by atoms with E-state index in [1.807, 2.05) is 12.1 Å². The van der Waals surface area contributed by atoms with Gasteiger partial charge in [-0.2, -0.15) is 5.10 Å². The van der Waals surface area contributed by atoms with E-state index >= 15 is 0 Å². The van der Waals surface area contributed by atoms with Gasteiger partial charge in [0.25, 0.3) is 5.91 Å². The lowest BCUT2D eigenvalue weighted by Crippen LogP contribution is -2.18. The van der Waals surface area contributed by atoms with Crippen LogP contribution < -0.4 is 14.9 Å². The van der Waals surface area contributed by atoms with Crippen LogP contribution in [0.15, 0.2) is 107 Å². The molecular formula is C28H20BrClN2O4. The SMILES string of the molecule is O=C(Oc1ccc(/C=N\NC(=O)c2ccccc2OCc2ccc(Cl)cc2)cc1)c1ccc(Br)cc1. The molecule has 8 heteroatoms. The van der Waals surface area contributed by atoms with Gasteiger partial charge in [0.05, 0.1) is 17.3 Å². The summed E-state index contributed by atoms with van der Waals surface area (Å²) in [5.41, 5.74) is 4.96. The Hall–Kier alpha value is -3.94. The first-order chi connectivity index (χ1) is 17.5. The van der Waals surface area contributed by atoms with E-state index in [1.165, 1.54) is 6.21 Å². The minimum Gasteiger partial charge on any atom is -0.488 e. The van der Waals surface area contributed by atoms with Crippen molar-refractivity contribution in [3.63, 3.8) is 0 Å². The average molecular weight is 564 g/mol. The molecule has 0 aliphatic heterocycles. The van der Waals surface area contributed by atoms with Crippen LogP contribution in [-0.4, -0.2) is 18.1 Å². The van der Waals surface area contributed by atoms with Crippen LogP contribution in [0.2, 0.25) is 5.02 Å². The van der Waals surface area contributed by atoms with Gasteiger partial charge in [-0.25, -0.2) is 10.2 Å². The summed E-state index contributed by atoms with van der Waals surface area (Å²) in [5.74, 6) is -0.0147. The van der Waals surface area contributed by atoms with Gasteiger partial charge in [0.15, 0.2) is 0 Å². The normalized spacial score (nSPS) is 10.7. The van der Waals surface area contributed by atoms with Crippen molar-refractivity contribution in [1.29, 1.82) is 0 Å². The second kappa shape index (κ2) is 12.2. The second-order valence-electron chi connectivity index (χ2n) is 7.58. The molecular weight excluding hydrogens is 544 g/mol. The Morgan fingerprint density at radius 1 is 0.889 bits per heavy atom. The summed E-state index contributed by atoms with van der Waals surface area (Å²) in [7, 11) is 0. The van der Waals surface area contributed by atoms with Crippen molar-refractivity contribution in [2.45, 2.75) is 6.61 Å². The van der Waals surface area contributed by atoms with Crippen LogP contribution in [0.4, 0.5) is 0 Å². The van der Waals surface area contributed by atoms with E-state index in [1.54, 1.807) is 84.9 Å². The molecule has 0 saturated carbocycles. The number of carbonyl (C=O) groups is 2. The molecule has 36 heavy (non-hydrogen) atoms. The fraction of sp³-hybridized carbons (Fsp3) is 0.0357. The van der Waals surface area contributed by atoms with Gasteiger partial charge in [-0.1, -0.05) is 51.8 Å². The second-order valence-corrected chi connectivity index (χ2v) is 8.93. The number of benzene rings is 4. The number of hydrazone groups is 1. The van der Waals surface area contributed by atoms with E-state index in [4.69, 9.17) is 21.1 Å². The Morgan fingerprint density at radius 2 is 1.58 bits per heavy atom. The van der Waals surface area contributed by atoms with E-state index in [2.05, 4.69) is 26.5 Å². The predicted octanol–water partition coefficient (Wildman–Crippen LogP) is 6.66. The van der Waals surface area contributed by atoms with Crippen LogP contribution in [-0.2, 0) is 6.61 Å². The Bertz CT molecular complexity index is 1370. The molecule has 0 radical (unpaired) electrons. The lowest BCUT2D eigenvalue weighted by atomic mass is 10.2. The van der Waals surface area contributed by atoms with Crippen LogP contribution >= 0.6 is 27.5 Å². The molecule has 0 atom stereocenters. The zero-order chi connectivity index (χ0) is 25.3. The third-order valence-electron chi connectivity index (χ3n) is 4.99. The molecule has 4 aromatic carbocycles. The maximum atomic E-state index is 12.7. The highest BCUT2D eigenvalue weighted by Gasteiger charge is 2.12. The van der Waals surface area contributed by atoms with Crippen molar-refractivity contribution in [2.24, 2.45) is 5.10 Å². The monoisotopic (exact) mass is 562 g/mol. The molecule has 0 unspecified atom stereocenters. The van der Waals surface area contributed by atoms with E-state index in [0.29, 0.717) is 39.8 Å². The van der Waals surface area contributed by atoms with Crippen LogP contribution in [0.25, 0.3) is 0 Å². The molecule has 0 spiro atoms. The highest BCUT2D eigenvalue weighted by atomic mass is 79.9. The van der Waals surface area contributed by atoms with Crippen molar-refractivity contribution >= 4 is 45.6 Å². The van der Waals surface area contributed by atoms with Gasteiger partial charge in [-0.15, -0.1) is 0 Å². The van der Waals surface area contributed by atoms with Crippen LogP contribution in [0.1, 0.15) is 31.8 Å². The number of carbonyl (C=O) groups excluding carboxylic acids is 2. The molecule has 0 aliphatic rings. The van der Waals surface area contributed by atoms with Crippen molar-refractivity contribution in [2.75, 3.05) is 0 Å². The number of hydrogen-bond donors (Lipinski definition) is 1. The molecule has 0 fully saturated rings. The largest absolute Gasteiger partial charge is 0.488 e. The minimum atomic E-state index is -0.451. The quantitative estimate of drug-likeness (QED) is 0.112. The predicted molar refractivity (Wildman–Crippen MR) is 143 cm³/mol. The maximum Gasteiger partial charge on any atom is 0.343 e. The van der Waals surface area contributed by atoms with E-state index in [9.17, 15) is 9.59 Å². The number of amides is 1. The number of para-hydroxylation sites is 1. The summed E-state index contributed by atoms with van der Waals surface area (Å²) in [5, 5.41) is 4.67. The van der Waals surface area contributed by atoms with Gasteiger partial charge in [-0.05, 0) is 83.9 Å². The molecule has 0 bridgehead atoms. The summed E-state index contributed by atoms with van der Waals surface area (Å²) < 4.78 is 12.1. The number of rotatable bonds is 8. The fourth-order valence-corrected chi connectivity index (χ4v) is 3.51. The van der Waals surface area contributed by atoms with Gasteiger partial charge in [0.2, 0.25) is 0 Å². The third kappa shape index (κ3) is 7.04. The van der Waals surface area contributed by atoms with Gasteiger partial charge in [0, 0.05) is 9.50 Å². The molecule has 6 nitrogen and oxygen atoms in total. The number of ether oxygens (including phenoxy) is 2. The Morgan fingerprint density at radius 3 is 2.31 bits per heavy atom. The van der Waals surface area contributed by atoms with Gasteiger partial charge in [0.1, 0.15) is 18.1 Å². The summed E-state index contributed by atoms with van der Waals surface area (Å²) in [6, 6.07) is 27.9. The van der Waals surface area contributed by atoms with Crippen LogP contribution in [0, 0.1) is 0 Å². The lowest BCUT2D eigenvalue weighted by Gasteiger charge is -2.10. The molecule has 1 amide bonds.